The molecule has 2 saturated heterocycles. The first kappa shape index (κ1) is 87.3. The molecule has 2 fully saturated rings. The number of thioether (sulfide) groups is 1. The molecule has 546 valence electrons. The molecule has 15 nitrogen and oxygen atoms in total. The Morgan fingerprint density at radius 3 is 1.30 bits per heavy atom. The Labute approximate surface area is 573 Å². The average Bonchev–Trinajstić information content (AvgIpc) is 0.797. The van der Waals surface area contributed by atoms with Gasteiger partial charge in [0.05, 0.1) is 30.5 Å². The molecule has 4 aliphatic heterocycles. The fraction of sp³-hybridized carbons (Fsp3) is 0.838. The van der Waals surface area contributed by atoms with Crippen LogP contribution < -0.4 is 0 Å². The van der Waals surface area contributed by atoms with E-state index in [0.29, 0.717) is 19.3 Å². The standard InChI is InChI=1S/C37H69NO6Si.C34H59NO6.C3H3F3OS/c1-16-30-20-23(3)18-19-32(44-45(13,14)15)25(5)21-26(6)35(27(7)24(4)22-33(39)42-31(30)17-2)43-37-36(40-12)34(38(10)11)28(8)29(9)41-37;1-13-27-17-20(3)15-16-28(36)22(5)18-23(6)32(24(7)21(4)19-30(37)40-29(27)14-2)41-34-33(38-12)31(35(10)11)25(8)26(9)39-34;1-8-2(7)3(4,5)6/h18-20,24-32,34-37H,16-17,21-22H2,1-15H3;15-17,21-27,29,31-34H,13-14,18-19H2,1-12H3;1H3/b19-18+,23-20+;16-15+,20-17+;/t24-,25?,26+,27+,28?,29?,30+,31-,32?,34?,35+,36?,37?;21-,22-,23+,24+,25?,26?,27+,29-,31?,32+,33?,34?;/m11./s1. The van der Waals surface area contributed by atoms with Gasteiger partial charge in [0.25, 0.3) is 5.12 Å². The topological polar surface area (TPSA) is 158 Å². The number of hydrogen-bond donors (Lipinski definition) is 0. The number of halogens is 3. The van der Waals surface area contributed by atoms with E-state index in [1.54, 1.807) is 20.3 Å². The Morgan fingerprint density at radius 1 is 0.574 bits per heavy atom. The lowest BCUT2D eigenvalue weighted by Crippen LogP contribution is -2.60. The molecule has 0 aromatic heterocycles. The highest BCUT2D eigenvalue weighted by molar-refractivity contribution is 8.13. The molecule has 0 spiro atoms. The van der Waals surface area contributed by atoms with Crippen LogP contribution in [0.25, 0.3) is 0 Å². The molecule has 0 radical (unpaired) electrons. The van der Waals surface area contributed by atoms with Crippen molar-refractivity contribution >= 4 is 42.9 Å². The molecule has 4 rings (SSSR count). The van der Waals surface area contributed by atoms with Crippen LogP contribution in [0.1, 0.15) is 176 Å². The minimum atomic E-state index is -4.67. The van der Waals surface area contributed by atoms with Crippen LogP contribution >= 0.6 is 11.8 Å². The molecule has 12 unspecified atom stereocenters. The molecule has 25 atom stereocenters. The normalized spacial score (nSPS) is 39.5. The summed E-state index contributed by atoms with van der Waals surface area (Å²) in [5.74, 6) is 1.12. The molecule has 0 aliphatic carbocycles. The minimum Gasteiger partial charge on any atom is -0.462 e. The van der Waals surface area contributed by atoms with Crippen LogP contribution in [0, 0.1) is 71.0 Å². The Balaban J connectivity index is 0.000000574. The molecule has 4 heterocycles. The van der Waals surface area contributed by atoms with E-state index < -0.39 is 32.2 Å². The van der Waals surface area contributed by atoms with Gasteiger partial charge >= 0.3 is 18.1 Å². The molecule has 0 bridgehead atoms. The zero-order chi connectivity index (χ0) is 72.0. The van der Waals surface area contributed by atoms with Crippen molar-refractivity contribution in [3.8, 4) is 0 Å². The molecule has 0 amide bonds. The quantitative estimate of drug-likeness (QED) is 0.119. The monoisotopic (exact) mass is 1370 g/mol. The van der Waals surface area contributed by atoms with Crippen LogP contribution in [0.4, 0.5) is 13.2 Å². The lowest BCUT2D eigenvalue weighted by molar-refractivity contribution is -0.297. The van der Waals surface area contributed by atoms with Crippen molar-refractivity contribution in [2.45, 2.75) is 281 Å². The van der Waals surface area contributed by atoms with E-state index in [9.17, 15) is 32.3 Å². The predicted octanol–water partition coefficient (Wildman–Crippen LogP) is 16.0. The summed E-state index contributed by atoms with van der Waals surface area (Å²) in [5, 5.41) is -1.75. The van der Waals surface area contributed by atoms with Gasteiger partial charge in [0.2, 0.25) is 0 Å². The zero-order valence-corrected chi connectivity index (χ0v) is 65.1. The maximum atomic E-state index is 13.4. The van der Waals surface area contributed by atoms with Gasteiger partial charge in [-0.05, 0) is 168 Å². The number of cyclic esters (lactones) is 2. The summed E-state index contributed by atoms with van der Waals surface area (Å²) in [4.78, 5) is 53.9. The van der Waals surface area contributed by atoms with Crippen molar-refractivity contribution < 1.29 is 74.7 Å². The first-order valence-electron chi connectivity index (χ1n) is 35.2. The maximum absolute atomic E-state index is 13.4. The Kier molecular flexibility index (Phi) is 38.2. The lowest BCUT2D eigenvalue weighted by atomic mass is 9.79. The van der Waals surface area contributed by atoms with Crippen LogP contribution in [-0.4, -0.2) is 175 Å². The van der Waals surface area contributed by atoms with Gasteiger partial charge in [-0.3, -0.25) is 19.2 Å². The summed E-state index contributed by atoms with van der Waals surface area (Å²) in [6.07, 6.45) is 12.1. The van der Waals surface area contributed by atoms with E-state index in [1.807, 2.05) is 19.9 Å². The highest BCUT2D eigenvalue weighted by Gasteiger charge is 2.49. The van der Waals surface area contributed by atoms with Crippen molar-refractivity contribution in [3.05, 3.63) is 47.6 Å². The molecule has 4 aliphatic rings. The number of ketones is 1. The second-order valence-corrected chi connectivity index (χ2v) is 34.9. The number of nitrogens with zero attached hydrogens (tertiary/aromatic N) is 2. The van der Waals surface area contributed by atoms with Crippen LogP contribution in [0.3, 0.4) is 0 Å². The molecule has 94 heavy (non-hydrogen) atoms. The van der Waals surface area contributed by atoms with Crippen molar-refractivity contribution in [1.29, 1.82) is 0 Å². The molecule has 0 N–H and O–H groups in total. The third-order valence-corrected chi connectivity index (χ3v) is 22.0. The third-order valence-electron chi connectivity index (χ3n) is 20.4. The second kappa shape index (κ2) is 41.1. The van der Waals surface area contributed by atoms with Crippen molar-refractivity contribution in [2.24, 2.45) is 71.0 Å². The van der Waals surface area contributed by atoms with E-state index in [0.717, 1.165) is 43.9 Å². The first-order chi connectivity index (χ1) is 43.7. The van der Waals surface area contributed by atoms with Gasteiger partial charge in [0.15, 0.2) is 26.7 Å². The molecule has 0 saturated carbocycles. The van der Waals surface area contributed by atoms with Crippen LogP contribution in [0.5, 0.6) is 0 Å². The van der Waals surface area contributed by atoms with Crippen LogP contribution in [0.15, 0.2) is 47.6 Å². The van der Waals surface area contributed by atoms with E-state index in [4.69, 9.17) is 42.3 Å². The SMILES string of the molecule is CC[C@H]1/C=C(C)/C=C/C(=O)[C@H](C)C[C@H](C)[C@H](OC2OC(C)C(C)C(N(C)C)C2OC)[C@@H](C)[C@H](C)CC(=O)O[C@@H]1CC.CC[C@H]1/C=C(C)/C=C/C(O[Si](C)(C)C)C(C)C[C@H](C)[C@H](OC2OC(C)C(C)C(N(C)C)C2OC)[C@@H](C)[C@H](C)CC(=O)O[C@@H]1CC.CSC(=O)C(F)(F)F. The summed E-state index contributed by atoms with van der Waals surface area (Å²) in [7, 11) is 9.99. The molecule has 0 aromatic rings. The molecular formula is C74H131F3N2O13SSi. The van der Waals surface area contributed by atoms with Gasteiger partial charge in [0, 0.05) is 68.7 Å². The number of allylic oxidation sites excluding steroid dienone is 5. The number of methoxy groups -OCH3 is 2. The fourth-order valence-corrected chi connectivity index (χ4v) is 15.6. The number of likely N-dealkylation sites (N-methyl/N-ethyl adjacent to an activating group) is 2. The largest absolute Gasteiger partial charge is 0.462 e. The van der Waals surface area contributed by atoms with Gasteiger partial charge in [-0.1, -0.05) is 150 Å². The number of hydrogen-bond acceptors (Lipinski definition) is 16. The van der Waals surface area contributed by atoms with Gasteiger partial charge < -0.3 is 52.1 Å². The van der Waals surface area contributed by atoms with E-state index >= 15 is 0 Å². The van der Waals surface area contributed by atoms with E-state index in [1.165, 1.54) is 5.57 Å². The van der Waals surface area contributed by atoms with Crippen molar-refractivity contribution in [3.63, 3.8) is 0 Å². The molecule has 20 heteroatoms. The number of carbonyl (C=O) groups is 4. The van der Waals surface area contributed by atoms with Gasteiger partial charge in [0.1, 0.15) is 24.4 Å². The average molecular weight is 1370 g/mol. The molecule has 0 aromatic carbocycles. The number of carbonyl (C=O) groups excluding carboxylic acids is 4. The van der Waals surface area contributed by atoms with Gasteiger partial charge in [-0.2, -0.15) is 13.2 Å². The highest BCUT2D eigenvalue weighted by Crippen LogP contribution is 2.40. The fourth-order valence-electron chi connectivity index (χ4n) is 14.3. The lowest BCUT2D eigenvalue weighted by Gasteiger charge is -2.48. The van der Waals surface area contributed by atoms with E-state index in [2.05, 4.69) is 193 Å². The summed E-state index contributed by atoms with van der Waals surface area (Å²) in [5.41, 5.74) is 2.18. The minimum absolute atomic E-state index is 0.000255. The number of rotatable bonds is 14. The second-order valence-electron chi connectivity index (χ2n) is 29.7. The Morgan fingerprint density at radius 2 is 0.968 bits per heavy atom. The highest BCUT2D eigenvalue weighted by atomic mass is 32.2. The maximum Gasteiger partial charge on any atom is 0.460 e. The summed E-state index contributed by atoms with van der Waals surface area (Å²) in [6.45, 7) is 45.4. The first-order valence-corrected chi connectivity index (χ1v) is 39.8. The van der Waals surface area contributed by atoms with Gasteiger partial charge in [-0.25, -0.2) is 0 Å². The zero-order valence-electron chi connectivity index (χ0n) is 63.3. The Bertz CT molecular complexity index is 2400. The van der Waals surface area contributed by atoms with Crippen LogP contribution in [0.2, 0.25) is 19.6 Å². The number of esters is 2. The molecular weight excluding hydrogens is 1240 g/mol. The Hall–Kier alpha value is -2.76. The summed E-state index contributed by atoms with van der Waals surface area (Å²) in [6, 6.07) is 0.276. The van der Waals surface area contributed by atoms with Crippen molar-refractivity contribution in [2.75, 3.05) is 48.7 Å². The smallest absolute Gasteiger partial charge is 0.460 e. The predicted molar refractivity (Wildman–Crippen MR) is 377 cm³/mol. The summed E-state index contributed by atoms with van der Waals surface area (Å²) < 4.78 is 91.3. The number of ether oxygens (including phenoxy) is 8. The summed E-state index contributed by atoms with van der Waals surface area (Å²) >= 11 is 0.168. The van der Waals surface area contributed by atoms with Gasteiger partial charge in [-0.15, -0.1) is 0 Å². The van der Waals surface area contributed by atoms with Crippen molar-refractivity contribution in [1.82, 2.24) is 9.80 Å². The van der Waals surface area contributed by atoms with Crippen LogP contribution in [-0.2, 0) is 61.5 Å². The third kappa shape index (κ3) is 27.1. The van der Waals surface area contributed by atoms with E-state index in [-0.39, 0.29) is 168 Å². The number of alkyl halides is 3.